The number of hydrogen-bond donors (Lipinski definition) is 0. The van der Waals surface area contributed by atoms with Crippen molar-refractivity contribution in [2.45, 2.75) is 51.1 Å². The number of nitrogens with zero attached hydrogens (tertiary/aromatic N) is 4. The molecule has 124 valence electrons. The van der Waals surface area contributed by atoms with E-state index >= 15 is 0 Å². The summed E-state index contributed by atoms with van der Waals surface area (Å²) in [6, 6.07) is 0.680. The number of rotatable bonds is 3. The number of carbonyl (C=O) groups excluding carboxylic acids is 2. The van der Waals surface area contributed by atoms with E-state index in [1.165, 1.54) is 0 Å². The minimum atomic E-state index is -0.138. The summed E-state index contributed by atoms with van der Waals surface area (Å²) in [5.74, 6) is 0.193. The summed E-state index contributed by atoms with van der Waals surface area (Å²) in [7, 11) is 0. The normalized spacial score (nSPS) is 28.5. The standard InChI is InChI=1S/C17H24N4O2/c1-12-8-18-21(9-12)15-3-2-6-19(11-15)17(23)13-7-16(22)20(10-13)14-4-5-14/h8-9,13-15H,2-7,10-11H2,1H3. The number of aromatic nitrogens is 2. The van der Waals surface area contributed by atoms with E-state index in [0.717, 1.165) is 37.8 Å². The van der Waals surface area contributed by atoms with Gasteiger partial charge in [-0.2, -0.15) is 5.10 Å². The van der Waals surface area contributed by atoms with Crippen molar-refractivity contribution in [3.63, 3.8) is 0 Å². The highest BCUT2D eigenvalue weighted by atomic mass is 16.2. The molecule has 1 saturated carbocycles. The predicted molar refractivity (Wildman–Crippen MR) is 84.7 cm³/mol. The predicted octanol–water partition coefficient (Wildman–Crippen LogP) is 1.37. The van der Waals surface area contributed by atoms with E-state index < -0.39 is 0 Å². The van der Waals surface area contributed by atoms with E-state index in [2.05, 4.69) is 5.10 Å². The van der Waals surface area contributed by atoms with E-state index in [0.29, 0.717) is 25.6 Å². The highest BCUT2D eigenvalue weighted by Crippen LogP contribution is 2.33. The summed E-state index contributed by atoms with van der Waals surface area (Å²) >= 11 is 0. The van der Waals surface area contributed by atoms with Gasteiger partial charge in [0, 0.05) is 38.3 Å². The van der Waals surface area contributed by atoms with Gasteiger partial charge in [-0.3, -0.25) is 14.3 Å². The fourth-order valence-electron chi connectivity index (χ4n) is 3.90. The fraction of sp³-hybridized carbons (Fsp3) is 0.706. The van der Waals surface area contributed by atoms with Crippen molar-refractivity contribution in [1.29, 1.82) is 0 Å². The molecule has 0 bridgehead atoms. The second-order valence-electron chi connectivity index (χ2n) is 7.26. The highest BCUT2D eigenvalue weighted by Gasteiger charge is 2.43. The first kappa shape index (κ1) is 14.7. The summed E-state index contributed by atoms with van der Waals surface area (Å²) in [5, 5.41) is 4.40. The van der Waals surface area contributed by atoms with Crippen molar-refractivity contribution >= 4 is 11.8 Å². The van der Waals surface area contributed by atoms with Gasteiger partial charge in [-0.25, -0.2) is 0 Å². The van der Waals surface area contributed by atoms with Gasteiger partial charge in [0.25, 0.3) is 0 Å². The Hall–Kier alpha value is -1.85. The molecule has 2 unspecified atom stereocenters. The van der Waals surface area contributed by atoms with Gasteiger partial charge in [-0.05, 0) is 38.2 Å². The van der Waals surface area contributed by atoms with Crippen LogP contribution in [0.4, 0.5) is 0 Å². The second kappa shape index (κ2) is 5.65. The first-order valence-electron chi connectivity index (χ1n) is 8.71. The van der Waals surface area contributed by atoms with E-state index in [-0.39, 0.29) is 23.8 Å². The molecule has 0 N–H and O–H groups in total. The topological polar surface area (TPSA) is 58.4 Å². The Balaban J connectivity index is 1.41. The molecule has 6 nitrogen and oxygen atoms in total. The molecule has 2 aliphatic heterocycles. The maximum Gasteiger partial charge on any atom is 0.228 e. The van der Waals surface area contributed by atoms with Crippen LogP contribution >= 0.6 is 0 Å². The van der Waals surface area contributed by atoms with Crippen LogP contribution in [0.1, 0.15) is 43.7 Å². The number of hydrogen-bond acceptors (Lipinski definition) is 3. The Morgan fingerprint density at radius 1 is 1.22 bits per heavy atom. The summed E-state index contributed by atoms with van der Waals surface area (Å²) in [6.07, 6.45) is 8.59. The average molecular weight is 316 g/mol. The molecule has 2 saturated heterocycles. The minimum absolute atomic E-state index is 0.138. The van der Waals surface area contributed by atoms with Crippen LogP contribution in [0.2, 0.25) is 0 Å². The van der Waals surface area contributed by atoms with Crippen molar-refractivity contribution in [3.8, 4) is 0 Å². The third kappa shape index (κ3) is 2.86. The Morgan fingerprint density at radius 3 is 2.74 bits per heavy atom. The maximum atomic E-state index is 12.8. The largest absolute Gasteiger partial charge is 0.340 e. The number of amides is 2. The molecule has 3 heterocycles. The molecule has 1 aliphatic carbocycles. The summed E-state index contributed by atoms with van der Waals surface area (Å²) in [4.78, 5) is 28.8. The van der Waals surface area contributed by atoms with E-state index in [4.69, 9.17) is 0 Å². The summed E-state index contributed by atoms with van der Waals surface area (Å²) < 4.78 is 1.99. The molecular weight excluding hydrogens is 292 g/mol. The summed E-state index contributed by atoms with van der Waals surface area (Å²) in [5.41, 5.74) is 1.15. The second-order valence-corrected chi connectivity index (χ2v) is 7.26. The molecule has 3 aliphatic rings. The Bertz CT molecular complexity index is 622. The van der Waals surface area contributed by atoms with Gasteiger partial charge in [0.05, 0.1) is 18.2 Å². The van der Waals surface area contributed by atoms with E-state index in [9.17, 15) is 9.59 Å². The fourth-order valence-corrected chi connectivity index (χ4v) is 3.90. The molecular formula is C17H24N4O2. The molecule has 6 heteroatoms. The van der Waals surface area contributed by atoms with Crippen molar-refractivity contribution in [2.75, 3.05) is 19.6 Å². The zero-order valence-electron chi connectivity index (χ0n) is 13.6. The molecule has 1 aromatic heterocycles. The van der Waals surface area contributed by atoms with E-state index in [1.54, 1.807) is 0 Å². The first-order chi connectivity index (χ1) is 11.1. The number of likely N-dealkylation sites (tertiary alicyclic amines) is 2. The van der Waals surface area contributed by atoms with Crippen LogP contribution in [-0.2, 0) is 9.59 Å². The smallest absolute Gasteiger partial charge is 0.228 e. The Kier molecular flexibility index (Phi) is 3.62. The first-order valence-corrected chi connectivity index (χ1v) is 8.71. The lowest BCUT2D eigenvalue weighted by atomic mass is 10.0. The third-order valence-electron chi connectivity index (χ3n) is 5.31. The monoisotopic (exact) mass is 316 g/mol. The average Bonchev–Trinajstić information content (AvgIpc) is 3.19. The molecule has 4 rings (SSSR count). The van der Waals surface area contributed by atoms with Gasteiger partial charge in [-0.1, -0.05) is 0 Å². The third-order valence-corrected chi connectivity index (χ3v) is 5.31. The molecule has 0 spiro atoms. The lowest BCUT2D eigenvalue weighted by Gasteiger charge is -2.34. The van der Waals surface area contributed by atoms with Crippen molar-refractivity contribution < 1.29 is 9.59 Å². The van der Waals surface area contributed by atoms with Crippen molar-refractivity contribution in [3.05, 3.63) is 18.0 Å². The molecule has 2 atom stereocenters. The van der Waals surface area contributed by atoms with Gasteiger partial charge in [0.1, 0.15) is 0 Å². The van der Waals surface area contributed by atoms with Crippen molar-refractivity contribution in [2.24, 2.45) is 5.92 Å². The van der Waals surface area contributed by atoms with Crippen LogP contribution in [-0.4, -0.2) is 57.1 Å². The lowest BCUT2D eigenvalue weighted by molar-refractivity contribution is -0.137. The maximum absolute atomic E-state index is 12.8. The number of carbonyl (C=O) groups is 2. The molecule has 3 fully saturated rings. The quantitative estimate of drug-likeness (QED) is 0.846. The Labute approximate surface area is 136 Å². The zero-order chi connectivity index (χ0) is 16.0. The van der Waals surface area contributed by atoms with Gasteiger partial charge < -0.3 is 9.80 Å². The van der Waals surface area contributed by atoms with Crippen LogP contribution in [0.25, 0.3) is 0 Å². The highest BCUT2D eigenvalue weighted by molar-refractivity contribution is 5.89. The molecule has 23 heavy (non-hydrogen) atoms. The zero-order valence-corrected chi connectivity index (χ0v) is 13.6. The van der Waals surface area contributed by atoms with Crippen LogP contribution < -0.4 is 0 Å². The minimum Gasteiger partial charge on any atom is -0.340 e. The lowest BCUT2D eigenvalue weighted by Crippen LogP contribution is -2.44. The van der Waals surface area contributed by atoms with Crippen molar-refractivity contribution in [1.82, 2.24) is 19.6 Å². The van der Waals surface area contributed by atoms with E-state index in [1.807, 2.05) is 33.8 Å². The van der Waals surface area contributed by atoms with Crippen LogP contribution in [0, 0.1) is 12.8 Å². The molecule has 0 aromatic carbocycles. The van der Waals surface area contributed by atoms with Gasteiger partial charge in [0.2, 0.25) is 11.8 Å². The molecule has 2 amide bonds. The van der Waals surface area contributed by atoms with Crippen LogP contribution in [0.3, 0.4) is 0 Å². The summed E-state index contributed by atoms with van der Waals surface area (Å²) in [6.45, 7) is 4.19. The van der Waals surface area contributed by atoms with Gasteiger partial charge in [0.15, 0.2) is 0 Å². The van der Waals surface area contributed by atoms with Gasteiger partial charge in [-0.15, -0.1) is 0 Å². The van der Waals surface area contributed by atoms with Crippen LogP contribution in [0.15, 0.2) is 12.4 Å². The molecule has 1 aromatic rings. The van der Waals surface area contributed by atoms with Gasteiger partial charge >= 0.3 is 0 Å². The SMILES string of the molecule is Cc1cnn(C2CCCN(C(=O)C3CC(=O)N(C4CC4)C3)C2)c1. The Morgan fingerprint density at radius 2 is 2.04 bits per heavy atom. The number of aryl methyl sites for hydroxylation is 1. The molecule has 0 radical (unpaired) electrons. The number of piperidine rings is 1. The van der Waals surface area contributed by atoms with Crippen LogP contribution in [0.5, 0.6) is 0 Å².